The van der Waals surface area contributed by atoms with Crippen LogP contribution in [-0.4, -0.2) is 48.1 Å². The van der Waals surface area contributed by atoms with Crippen molar-refractivity contribution in [2.75, 3.05) is 18.4 Å². The fraction of sp³-hybridized carbons (Fsp3) is 0.619. The van der Waals surface area contributed by atoms with Crippen molar-refractivity contribution in [2.45, 2.75) is 69.5 Å². The van der Waals surface area contributed by atoms with Crippen LogP contribution >= 0.6 is 0 Å². The van der Waals surface area contributed by atoms with E-state index in [-0.39, 0.29) is 18.0 Å². The second-order valence-corrected chi connectivity index (χ2v) is 8.10. The molecule has 2 bridgehead atoms. The van der Waals surface area contributed by atoms with Gasteiger partial charge in [-0.05, 0) is 62.9 Å². The Morgan fingerprint density at radius 3 is 2.44 bits per heavy atom. The van der Waals surface area contributed by atoms with Gasteiger partial charge in [0, 0.05) is 35.9 Å². The average Bonchev–Trinajstić information content (AvgIpc) is 2.96. The minimum atomic E-state index is -0.0226. The molecule has 2 aliphatic heterocycles. The van der Waals surface area contributed by atoms with Crippen molar-refractivity contribution in [1.29, 1.82) is 0 Å². The standard InChI is InChI=1S/C21H30N4O2/c26-20(23-16-4-2-1-3-5-16)15-6-8-17(9-7-15)24-21(27)25-18-10-11-19(25)14-22-13-12-18/h6-9,16,18-19,22H,1-5,10-14H2,(H,23,26)(H,24,27). The average molecular weight is 370 g/mol. The molecule has 146 valence electrons. The van der Waals surface area contributed by atoms with Gasteiger partial charge in [-0.25, -0.2) is 4.79 Å². The van der Waals surface area contributed by atoms with E-state index in [1.54, 1.807) is 12.1 Å². The molecule has 0 radical (unpaired) electrons. The van der Waals surface area contributed by atoms with Gasteiger partial charge in [-0.15, -0.1) is 0 Å². The summed E-state index contributed by atoms with van der Waals surface area (Å²) in [6.45, 7) is 1.86. The largest absolute Gasteiger partial charge is 0.349 e. The summed E-state index contributed by atoms with van der Waals surface area (Å²) in [6, 6.07) is 8.16. The van der Waals surface area contributed by atoms with E-state index in [4.69, 9.17) is 0 Å². The van der Waals surface area contributed by atoms with E-state index >= 15 is 0 Å². The summed E-state index contributed by atoms with van der Waals surface area (Å²) in [6.07, 6.45) is 9.01. The van der Waals surface area contributed by atoms with Gasteiger partial charge >= 0.3 is 6.03 Å². The van der Waals surface area contributed by atoms with E-state index in [0.717, 1.165) is 50.9 Å². The fourth-order valence-electron chi connectivity index (χ4n) is 4.72. The molecule has 6 nitrogen and oxygen atoms in total. The Bertz CT molecular complexity index is 655. The van der Waals surface area contributed by atoms with Gasteiger partial charge in [-0.1, -0.05) is 19.3 Å². The molecular formula is C21H30N4O2. The Morgan fingerprint density at radius 1 is 0.926 bits per heavy atom. The molecule has 1 aliphatic carbocycles. The molecule has 1 saturated carbocycles. The third-order valence-electron chi connectivity index (χ3n) is 6.23. The molecule has 2 saturated heterocycles. The number of carbonyl (C=O) groups excluding carboxylic acids is 2. The second-order valence-electron chi connectivity index (χ2n) is 8.10. The molecule has 6 heteroatoms. The number of nitrogens with one attached hydrogen (secondary N) is 3. The summed E-state index contributed by atoms with van der Waals surface area (Å²) in [5.74, 6) is -0.0172. The summed E-state index contributed by atoms with van der Waals surface area (Å²) < 4.78 is 0. The molecule has 0 spiro atoms. The van der Waals surface area contributed by atoms with E-state index in [1.807, 2.05) is 17.0 Å². The van der Waals surface area contributed by atoms with Crippen LogP contribution in [0.5, 0.6) is 0 Å². The highest BCUT2D eigenvalue weighted by atomic mass is 16.2. The number of urea groups is 1. The van der Waals surface area contributed by atoms with Gasteiger partial charge in [0.1, 0.15) is 0 Å². The SMILES string of the molecule is O=C(NC1CCCCC1)c1ccc(NC(=O)N2C3CCNCC2CC3)cc1. The summed E-state index contributed by atoms with van der Waals surface area (Å²) in [4.78, 5) is 27.2. The minimum Gasteiger partial charge on any atom is -0.349 e. The normalized spacial score (nSPS) is 25.7. The van der Waals surface area contributed by atoms with Crippen molar-refractivity contribution in [2.24, 2.45) is 0 Å². The lowest BCUT2D eigenvalue weighted by Gasteiger charge is -2.28. The van der Waals surface area contributed by atoms with E-state index in [0.29, 0.717) is 17.6 Å². The minimum absolute atomic E-state index is 0.0172. The quantitative estimate of drug-likeness (QED) is 0.765. The van der Waals surface area contributed by atoms with E-state index in [2.05, 4.69) is 16.0 Å². The van der Waals surface area contributed by atoms with Crippen LogP contribution in [-0.2, 0) is 0 Å². The predicted octanol–water partition coefficient (Wildman–Crippen LogP) is 3.11. The first-order valence-electron chi connectivity index (χ1n) is 10.4. The van der Waals surface area contributed by atoms with Gasteiger partial charge in [0.2, 0.25) is 0 Å². The Labute approximate surface area is 161 Å². The lowest BCUT2D eigenvalue weighted by atomic mass is 9.95. The van der Waals surface area contributed by atoms with Crippen LogP contribution in [0.15, 0.2) is 24.3 Å². The lowest BCUT2D eigenvalue weighted by molar-refractivity contribution is 0.0927. The number of fused-ring (bicyclic) bond motifs is 2. The maximum Gasteiger partial charge on any atom is 0.322 e. The van der Waals surface area contributed by atoms with Crippen LogP contribution in [0.1, 0.15) is 61.7 Å². The highest BCUT2D eigenvalue weighted by molar-refractivity contribution is 5.95. The first kappa shape index (κ1) is 18.3. The number of rotatable bonds is 3. The van der Waals surface area contributed by atoms with Gasteiger partial charge in [-0.2, -0.15) is 0 Å². The first-order valence-corrected chi connectivity index (χ1v) is 10.4. The summed E-state index contributed by atoms with van der Waals surface area (Å²) >= 11 is 0. The molecule has 0 aromatic heterocycles. The van der Waals surface area contributed by atoms with Crippen molar-refractivity contribution in [1.82, 2.24) is 15.5 Å². The highest BCUT2D eigenvalue weighted by Crippen LogP contribution is 2.28. The fourth-order valence-corrected chi connectivity index (χ4v) is 4.72. The first-order chi connectivity index (χ1) is 13.2. The Balaban J connectivity index is 1.34. The Morgan fingerprint density at radius 2 is 1.67 bits per heavy atom. The maximum atomic E-state index is 12.8. The third-order valence-corrected chi connectivity index (χ3v) is 6.23. The van der Waals surface area contributed by atoms with Crippen molar-refractivity contribution in [3.8, 4) is 0 Å². The van der Waals surface area contributed by atoms with Gasteiger partial charge in [0.25, 0.3) is 5.91 Å². The number of nitrogens with zero attached hydrogens (tertiary/aromatic N) is 1. The molecule has 2 heterocycles. The zero-order valence-electron chi connectivity index (χ0n) is 15.9. The van der Waals surface area contributed by atoms with Crippen LogP contribution in [0.4, 0.5) is 10.5 Å². The number of hydrogen-bond acceptors (Lipinski definition) is 3. The number of carbonyl (C=O) groups is 2. The number of amides is 3. The van der Waals surface area contributed by atoms with Crippen molar-refractivity contribution in [3.05, 3.63) is 29.8 Å². The number of benzene rings is 1. The number of hydrogen-bond donors (Lipinski definition) is 3. The highest BCUT2D eigenvalue weighted by Gasteiger charge is 2.38. The maximum absolute atomic E-state index is 12.8. The van der Waals surface area contributed by atoms with Gasteiger partial charge < -0.3 is 20.9 Å². The summed E-state index contributed by atoms with van der Waals surface area (Å²) in [7, 11) is 0. The van der Waals surface area contributed by atoms with Gasteiger partial charge in [0.05, 0.1) is 0 Å². The second kappa shape index (κ2) is 8.30. The molecule has 3 fully saturated rings. The van der Waals surface area contributed by atoms with E-state index in [1.165, 1.54) is 19.3 Å². The van der Waals surface area contributed by atoms with Crippen LogP contribution in [0.3, 0.4) is 0 Å². The number of anilines is 1. The topological polar surface area (TPSA) is 73.5 Å². The molecule has 3 N–H and O–H groups in total. The molecule has 3 aliphatic rings. The Kier molecular flexibility index (Phi) is 5.62. The summed E-state index contributed by atoms with van der Waals surface area (Å²) in [5.41, 5.74) is 1.39. The van der Waals surface area contributed by atoms with Crippen LogP contribution < -0.4 is 16.0 Å². The predicted molar refractivity (Wildman–Crippen MR) is 106 cm³/mol. The third kappa shape index (κ3) is 4.26. The molecule has 1 aromatic rings. The molecule has 3 amide bonds. The van der Waals surface area contributed by atoms with E-state index < -0.39 is 0 Å². The zero-order valence-corrected chi connectivity index (χ0v) is 15.9. The van der Waals surface area contributed by atoms with Crippen LogP contribution in [0.2, 0.25) is 0 Å². The summed E-state index contributed by atoms with van der Waals surface area (Å²) in [5, 5.41) is 9.56. The lowest BCUT2D eigenvalue weighted by Crippen LogP contribution is -2.44. The molecule has 4 rings (SSSR count). The van der Waals surface area contributed by atoms with Crippen LogP contribution in [0, 0.1) is 0 Å². The van der Waals surface area contributed by atoms with Crippen molar-refractivity contribution < 1.29 is 9.59 Å². The monoisotopic (exact) mass is 370 g/mol. The Hall–Kier alpha value is -2.08. The van der Waals surface area contributed by atoms with E-state index in [9.17, 15) is 9.59 Å². The van der Waals surface area contributed by atoms with Crippen LogP contribution in [0.25, 0.3) is 0 Å². The van der Waals surface area contributed by atoms with Gasteiger partial charge in [0.15, 0.2) is 0 Å². The van der Waals surface area contributed by atoms with Crippen molar-refractivity contribution in [3.63, 3.8) is 0 Å². The molecular weight excluding hydrogens is 340 g/mol. The molecule has 2 atom stereocenters. The van der Waals surface area contributed by atoms with Gasteiger partial charge in [-0.3, -0.25) is 4.79 Å². The molecule has 1 aromatic carbocycles. The molecule has 2 unspecified atom stereocenters. The molecule has 27 heavy (non-hydrogen) atoms. The smallest absolute Gasteiger partial charge is 0.322 e. The van der Waals surface area contributed by atoms with Crippen molar-refractivity contribution >= 4 is 17.6 Å². The zero-order chi connectivity index (χ0) is 18.6.